The van der Waals surface area contributed by atoms with Gasteiger partial charge in [0.05, 0.1) is 5.75 Å². The zero-order chi connectivity index (χ0) is 15.3. The Labute approximate surface area is 120 Å². The summed E-state index contributed by atoms with van der Waals surface area (Å²) in [6, 6.07) is 0. The Kier molecular flexibility index (Phi) is 7.04. The molecule has 0 saturated carbocycles. The van der Waals surface area contributed by atoms with Crippen molar-refractivity contribution in [3.63, 3.8) is 0 Å². The highest BCUT2D eigenvalue weighted by molar-refractivity contribution is 7.91. The summed E-state index contributed by atoms with van der Waals surface area (Å²) < 4.78 is 23.8. The van der Waals surface area contributed by atoms with Crippen molar-refractivity contribution in [3.8, 4) is 0 Å². The fraction of sp³-hybridized carbons (Fsp3) is 1.00. The molecule has 0 bridgehead atoms. The van der Waals surface area contributed by atoms with Crippen LogP contribution in [0.15, 0.2) is 0 Å². The third kappa shape index (κ3) is 7.93. The molecule has 1 atom stereocenters. The molecule has 0 amide bonds. The lowest BCUT2D eigenvalue weighted by Gasteiger charge is -2.37. The molecule has 1 N–H and O–H groups in total. The maximum Gasteiger partial charge on any atom is 0.150 e. The van der Waals surface area contributed by atoms with Crippen molar-refractivity contribution in [2.75, 3.05) is 18.1 Å². The van der Waals surface area contributed by atoms with Crippen LogP contribution in [0.25, 0.3) is 0 Å². The average molecular weight is 292 g/mol. The molecule has 19 heavy (non-hydrogen) atoms. The van der Waals surface area contributed by atoms with Crippen molar-refractivity contribution in [1.82, 2.24) is 5.32 Å². The molecule has 0 fully saturated rings. The third-order valence-corrected chi connectivity index (χ3v) is 5.77. The Balaban J connectivity index is 4.64. The second kappa shape index (κ2) is 7.07. The maximum absolute atomic E-state index is 11.9. The van der Waals surface area contributed by atoms with E-state index in [2.05, 4.69) is 46.9 Å². The first-order chi connectivity index (χ1) is 8.42. The predicted molar refractivity (Wildman–Crippen MR) is 84.3 cm³/mol. The molecule has 0 saturated heterocycles. The second-order valence-corrected chi connectivity index (χ2v) is 9.62. The zero-order valence-corrected chi connectivity index (χ0v) is 14.7. The molecule has 0 aliphatic heterocycles. The van der Waals surface area contributed by atoms with Gasteiger partial charge in [0, 0.05) is 17.8 Å². The van der Waals surface area contributed by atoms with E-state index in [4.69, 9.17) is 0 Å². The molecular formula is C15H33NO2S. The van der Waals surface area contributed by atoms with E-state index >= 15 is 0 Å². The fourth-order valence-corrected chi connectivity index (χ4v) is 3.45. The van der Waals surface area contributed by atoms with E-state index in [0.717, 1.165) is 13.0 Å². The number of hydrogen-bond donors (Lipinski definition) is 1. The standard InChI is InChI=1S/C15H33NO2S/c1-8-10-19(17,18)11-9-15(7,13(2)3)12-16-14(4,5)6/h13,16H,8-12H2,1-7H3. The van der Waals surface area contributed by atoms with Crippen LogP contribution in [0.1, 0.15) is 61.3 Å². The van der Waals surface area contributed by atoms with Crippen LogP contribution in [0.5, 0.6) is 0 Å². The lowest BCUT2D eigenvalue weighted by atomic mass is 9.76. The molecule has 0 aliphatic carbocycles. The SMILES string of the molecule is CCCS(=O)(=O)CCC(C)(CNC(C)(C)C)C(C)C. The van der Waals surface area contributed by atoms with Gasteiger partial charge in [-0.15, -0.1) is 0 Å². The van der Waals surface area contributed by atoms with E-state index in [1.54, 1.807) is 0 Å². The zero-order valence-electron chi connectivity index (χ0n) is 13.8. The van der Waals surface area contributed by atoms with E-state index in [9.17, 15) is 8.42 Å². The van der Waals surface area contributed by atoms with Gasteiger partial charge in [0.25, 0.3) is 0 Å². The molecule has 0 aromatic carbocycles. The van der Waals surface area contributed by atoms with E-state index in [0.29, 0.717) is 23.8 Å². The number of hydrogen-bond acceptors (Lipinski definition) is 3. The van der Waals surface area contributed by atoms with Crippen LogP contribution in [-0.2, 0) is 9.84 Å². The summed E-state index contributed by atoms with van der Waals surface area (Å²) in [6.07, 6.45) is 1.44. The van der Waals surface area contributed by atoms with Crippen molar-refractivity contribution in [1.29, 1.82) is 0 Å². The summed E-state index contributed by atoms with van der Waals surface area (Å²) in [5, 5.41) is 3.52. The Morgan fingerprint density at radius 2 is 1.58 bits per heavy atom. The summed E-state index contributed by atoms with van der Waals surface area (Å²) in [5.74, 6) is 1.08. The molecule has 4 heteroatoms. The molecular weight excluding hydrogens is 258 g/mol. The van der Waals surface area contributed by atoms with E-state index in [1.165, 1.54) is 0 Å². The van der Waals surface area contributed by atoms with Gasteiger partial charge in [0.2, 0.25) is 0 Å². The molecule has 0 aromatic rings. The quantitative estimate of drug-likeness (QED) is 0.746. The first kappa shape index (κ1) is 18.9. The van der Waals surface area contributed by atoms with Gasteiger partial charge < -0.3 is 5.32 Å². The van der Waals surface area contributed by atoms with Gasteiger partial charge in [0.15, 0.2) is 0 Å². The van der Waals surface area contributed by atoms with Crippen molar-refractivity contribution in [2.45, 2.75) is 66.8 Å². The van der Waals surface area contributed by atoms with Crippen LogP contribution in [0.4, 0.5) is 0 Å². The second-order valence-electron chi connectivity index (χ2n) is 7.31. The van der Waals surface area contributed by atoms with Gasteiger partial charge in [-0.25, -0.2) is 8.42 Å². The fourth-order valence-electron chi connectivity index (χ4n) is 1.85. The number of rotatable bonds is 8. The molecule has 1 unspecified atom stereocenters. The van der Waals surface area contributed by atoms with Gasteiger partial charge in [-0.2, -0.15) is 0 Å². The molecule has 0 heterocycles. The molecule has 0 aliphatic rings. The smallest absolute Gasteiger partial charge is 0.150 e. The minimum absolute atomic E-state index is 0.0219. The summed E-state index contributed by atoms with van der Waals surface area (Å²) in [7, 11) is -2.88. The Hall–Kier alpha value is -0.0900. The van der Waals surface area contributed by atoms with Gasteiger partial charge in [-0.05, 0) is 44.9 Å². The van der Waals surface area contributed by atoms with Crippen LogP contribution < -0.4 is 5.32 Å². The van der Waals surface area contributed by atoms with Gasteiger partial charge in [-0.1, -0.05) is 27.7 Å². The van der Waals surface area contributed by atoms with Gasteiger partial charge >= 0.3 is 0 Å². The summed E-state index contributed by atoms with van der Waals surface area (Å²) in [5.41, 5.74) is 0.0898. The third-order valence-electron chi connectivity index (χ3n) is 3.92. The van der Waals surface area contributed by atoms with Crippen LogP contribution in [0.2, 0.25) is 0 Å². The Morgan fingerprint density at radius 1 is 1.05 bits per heavy atom. The lowest BCUT2D eigenvalue weighted by molar-refractivity contribution is 0.182. The Morgan fingerprint density at radius 3 is 1.95 bits per heavy atom. The first-order valence-corrected chi connectivity index (χ1v) is 9.19. The van der Waals surface area contributed by atoms with Gasteiger partial charge in [-0.3, -0.25) is 0 Å². The number of sulfone groups is 1. The van der Waals surface area contributed by atoms with Crippen LogP contribution in [0.3, 0.4) is 0 Å². The molecule has 0 aromatic heterocycles. The van der Waals surface area contributed by atoms with E-state index in [-0.39, 0.29) is 11.0 Å². The van der Waals surface area contributed by atoms with Crippen LogP contribution in [-0.4, -0.2) is 32.0 Å². The monoisotopic (exact) mass is 291 g/mol. The number of nitrogens with one attached hydrogen (secondary N) is 1. The molecule has 0 radical (unpaired) electrons. The van der Waals surface area contributed by atoms with Crippen LogP contribution >= 0.6 is 0 Å². The van der Waals surface area contributed by atoms with Gasteiger partial charge in [0.1, 0.15) is 9.84 Å². The molecule has 0 spiro atoms. The predicted octanol–water partition coefficient (Wildman–Crippen LogP) is 3.25. The minimum Gasteiger partial charge on any atom is -0.312 e. The van der Waals surface area contributed by atoms with Crippen molar-refractivity contribution in [2.24, 2.45) is 11.3 Å². The van der Waals surface area contributed by atoms with Crippen molar-refractivity contribution < 1.29 is 8.42 Å². The van der Waals surface area contributed by atoms with Crippen molar-refractivity contribution in [3.05, 3.63) is 0 Å². The molecule has 116 valence electrons. The maximum atomic E-state index is 11.9. The summed E-state index contributed by atoms with van der Waals surface area (Å²) in [6.45, 7) is 15.7. The largest absolute Gasteiger partial charge is 0.312 e. The lowest BCUT2D eigenvalue weighted by Crippen LogP contribution is -2.45. The van der Waals surface area contributed by atoms with E-state index < -0.39 is 9.84 Å². The van der Waals surface area contributed by atoms with E-state index in [1.807, 2.05) is 6.92 Å². The highest BCUT2D eigenvalue weighted by Gasteiger charge is 2.31. The average Bonchev–Trinajstić information content (AvgIpc) is 2.22. The molecule has 0 rings (SSSR count). The summed E-state index contributed by atoms with van der Waals surface area (Å²) >= 11 is 0. The first-order valence-electron chi connectivity index (χ1n) is 7.37. The Bertz CT molecular complexity index is 355. The topological polar surface area (TPSA) is 46.2 Å². The minimum atomic E-state index is -2.88. The molecule has 3 nitrogen and oxygen atoms in total. The van der Waals surface area contributed by atoms with Crippen molar-refractivity contribution >= 4 is 9.84 Å². The highest BCUT2D eigenvalue weighted by Crippen LogP contribution is 2.31. The summed E-state index contributed by atoms with van der Waals surface area (Å²) in [4.78, 5) is 0. The normalized spacial score (nSPS) is 16.6. The van der Waals surface area contributed by atoms with Crippen LogP contribution in [0, 0.1) is 11.3 Å². The highest BCUT2D eigenvalue weighted by atomic mass is 32.2.